The summed E-state index contributed by atoms with van der Waals surface area (Å²) >= 11 is 6.19. The molecule has 3 unspecified atom stereocenters. The Bertz CT molecular complexity index is 1020. The van der Waals surface area contributed by atoms with Gasteiger partial charge in [0.25, 0.3) is 5.91 Å². The van der Waals surface area contributed by atoms with E-state index in [0.29, 0.717) is 35.7 Å². The minimum atomic E-state index is -1.05. The molecule has 10 nitrogen and oxygen atoms in total. The van der Waals surface area contributed by atoms with E-state index < -0.39 is 35.9 Å². The standard InChI is InChI=1S/C24H30ClN5O5/c1-3-35-20(31)12-16(13-26)28-23(33)19-5-4-10-30(19)24(34)21(14-6-7-14)29-22(32)15-8-9-18(27-2)17(25)11-15/h8-9,11,14,16,19,21,27H,3-7,10,12H2,1-2H3,(H,28,33)(H,29,32). The van der Waals surface area contributed by atoms with Crippen LogP contribution in [0.2, 0.25) is 5.02 Å². The number of amides is 3. The Morgan fingerprint density at radius 2 is 1.97 bits per heavy atom. The van der Waals surface area contributed by atoms with Crippen LogP contribution in [0.4, 0.5) is 5.69 Å². The number of hydrogen-bond acceptors (Lipinski definition) is 7. The fraction of sp³-hybridized carbons (Fsp3) is 0.542. The first-order chi connectivity index (χ1) is 16.8. The van der Waals surface area contributed by atoms with E-state index in [9.17, 15) is 24.4 Å². The number of esters is 1. The molecule has 188 valence electrons. The first-order valence-electron chi connectivity index (χ1n) is 11.7. The molecular formula is C24H30ClN5O5. The van der Waals surface area contributed by atoms with Gasteiger partial charge in [0.1, 0.15) is 18.1 Å². The van der Waals surface area contributed by atoms with E-state index in [2.05, 4.69) is 16.0 Å². The van der Waals surface area contributed by atoms with Crippen LogP contribution < -0.4 is 16.0 Å². The van der Waals surface area contributed by atoms with Crippen molar-refractivity contribution in [3.05, 3.63) is 28.8 Å². The molecule has 2 fully saturated rings. The van der Waals surface area contributed by atoms with Gasteiger partial charge in [0.05, 0.1) is 29.8 Å². The predicted octanol–water partition coefficient (Wildman–Crippen LogP) is 1.84. The third kappa shape index (κ3) is 6.63. The zero-order valence-electron chi connectivity index (χ0n) is 19.8. The van der Waals surface area contributed by atoms with E-state index in [4.69, 9.17) is 16.3 Å². The molecule has 3 amide bonds. The molecule has 11 heteroatoms. The zero-order chi connectivity index (χ0) is 25.5. The number of likely N-dealkylation sites (tertiary alicyclic amines) is 1. The van der Waals surface area contributed by atoms with Gasteiger partial charge in [-0.3, -0.25) is 19.2 Å². The molecule has 2 aliphatic rings. The quantitative estimate of drug-likeness (QED) is 0.414. The van der Waals surface area contributed by atoms with Crippen molar-refractivity contribution in [3.63, 3.8) is 0 Å². The molecule has 1 saturated carbocycles. The molecule has 1 aliphatic heterocycles. The van der Waals surface area contributed by atoms with Crippen molar-refractivity contribution in [2.75, 3.05) is 25.5 Å². The Balaban J connectivity index is 1.67. The molecule has 1 saturated heterocycles. The second-order valence-corrected chi connectivity index (χ2v) is 9.03. The second kappa shape index (κ2) is 11.9. The molecule has 3 rings (SSSR count). The van der Waals surface area contributed by atoms with Gasteiger partial charge in [-0.2, -0.15) is 5.26 Å². The van der Waals surface area contributed by atoms with Crippen LogP contribution >= 0.6 is 11.6 Å². The summed E-state index contributed by atoms with van der Waals surface area (Å²) in [6.07, 6.45) is 2.38. The molecule has 35 heavy (non-hydrogen) atoms. The van der Waals surface area contributed by atoms with Gasteiger partial charge >= 0.3 is 5.97 Å². The van der Waals surface area contributed by atoms with Gasteiger partial charge in [0.2, 0.25) is 11.8 Å². The highest BCUT2D eigenvalue weighted by atomic mass is 35.5. The molecule has 1 aliphatic carbocycles. The van der Waals surface area contributed by atoms with Crippen LogP contribution in [-0.4, -0.2) is 66.9 Å². The average molecular weight is 504 g/mol. The summed E-state index contributed by atoms with van der Waals surface area (Å²) in [7, 11) is 1.72. The van der Waals surface area contributed by atoms with Crippen molar-refractivity contribution in [1.82, 2.24) is 15.5 Å². The van der Waals surface area contributed by atoms with Gasteiger partial charge in [-0.25, -0.2) is 0 Å². The number of nitrogens with zero attached hydrogens (tertiary/aromatic N) is 2. The SMILES string of the molecule is CCOC(=O)CC(C#N)NC(=O)C1CCCN1C(=O)C(NC(=O)c1ccc(NC)c(Cl)c1)C1CC1. The van der Waals surface area contributed by atoms with Gasteiger partial charge in [-0.1, -0.05) is 11.6 Å². The Morgan fingerprint density at radius 3 is 2.57 bits per heavy atom. The number of carbonyl (C=O) groups is 4. The highest BCUT2D eigenvalue weighted by Crippen LogP contribution is 2.35. The summed E-state index contributed by atoms with van der Waals surface area (Å²) in [5, 5.41) is 18.0. The third-order valence-corrected chi connectivity index (χ3v) is 6.45. The topological polar surface area (TPSA) is 141 Å². The van der Waals surface area contributed by atoms with E-state index in [0.717, 1.165) is 12.8 Å². The van der Waals surface area contributed by atoms with Gasteiger partial charge < -0.3 is 25.6 Å². The highest BCUT2D eigenvalue weighted by Gasteiger charge is 2.44. The van der Waals surface area contributed by atoms with E-state index in [1.54, 1.807) is 26.1 Å². The van der Waals surface area contributed by atoms with E-state index in [1.165, 1.54) is 11.0 Å². The lowest BCUT2D eigenvalue weighted by Crippen LogP contribution is -2.55. The van der Waals surface area contributed by atoms with E-state index in [-0.39, 0.29) is 24.9 Å². The Kier molecular flexibility index (Phi) is 8.93. The number of ether oxygens (including phenoxy) is 1. The molecule has 1 heterocycles. The summed E-state index contributed by atoms with van der Waals surface area (Å²) in [5.74, 6) is -1.83. The minimum absolute atomic E-state index is 0.00140. The van der Waals surface area contributed by atoms with Crippen LogP contribution in [0.15, 0.2) is 18.2 Å². The lowest BCUT2D eigenvalue weighted by Gasteiger charge is -2.29. The number of benzene rings is 1. The molecular weight excluding hydrogens is 474 g/mol. The van der Waals surface area contributed by atoms with Crippen LogP contribution in [0, 0.1) is 17.2 Å². The molecule has 3 N–H and O–H groups in total. The Labute approximate surface area is 209 Å². The number of anilines is 1. The number of nitriles is 1. The fourth-order valence-corrected chi connectivity index (χ4v) is 4.43. The zero-order valence-corrected chi connectivity index (χ0v) is 20.6. The lowest BCUT2D eigenvalue weighted by atomic mass is 10.1. The first-order valence-corrected chi connectivity index (χ1v) is 12.1. The van der Waals surface area contributed by atoms with E-state index in [1.807, 2.05) is 6.07 Å². The third-order valence-electron chi connectivity index (χ3n) is 6.13. The van der Waals surface area contributed by atoms with Gasteiger partial charge in [0, 0.05) is 19.2 Å². The first kappa shape index (κ1) is 26.3. The highest BCUT2D eigenvalue weighted by molar-refractivity contribution is 6.33. The monoisotopic (exact) mass is 503 g/mol. The van der Waals surface area contributed by atoms with Crippen molar-refractivity contribution in [2.24, 2.45) is 5.92 Å². The maximum absolute atomic E-state index is 13.5. The Morgan fingerprint density at radius 1 is 1.23 bits per heavy atom. The summed E-state index contributed by atoms with van der Waals surface area (Å²) in [5.41, 5.74) is 1.02. The number of hydrogen-bond donors (Lipinski definition) is 3. The molecule has 3 atom stereocenters. The van der Waals surface area contributed by atoms with Crippen LogP contribution in [0.25, 0.3) is 0 Å². The molecule has 0 bridgehead atoms. The lowest BCUT2D eigenvalue weighted by molar-refractivity contribution is -0.144. The van der Waals surface area contributed by atoms with Crippen molar-refractivity contribution >= 4 is 41.0 Å². The maximum Gasteiger partial charge on any atom is 0.308 e. The van der Waals surface area contributed by atoms with Crippen molar-refractivity contribution < 1.29 is 23.9 Å². The summed E-state index contributed by atoms with van der Waals surface area (Å²) in [4.78, 5) is 52.4. The van der Waals surface area contributed by atoms with Crippen LogP contribution in [0.1, 0.15) is 49.4 Å². The van der Waals surface area contributed by atoms with Crippen LogP contribution in [0.3, 0.4) is 0 Å². The Hall–Kier alpha value is -3.32. The predicted molar refractivity (Wildman–Crippen MR) is 129 cm³/mol. The van der Waals surface area contributed by atoms with E-state index >= 15 is 0 Å². The minimum Gasteiger partial charge on any atom is -0.466 e. The number of rotatable bonds is 10. The number of halogens is 1. The molecule has 0 aromatic heterocycles. The molecule has 1 aromatic rings. The van der Waals surface area contributed by atoms with Crippen molar-refractivity contribution in [1.29, 1.82) is 5.26 Å². The average Bonchev–Trinajstić information content (AvgIpc) is 3.56. The summed E-state index contributed by atoms with van der Waals surface area (Å²) in [6, 6.07) is 4.15. The molecule has 0 spiro atoms. The smallest absolute Gasteiger partial charge is 0.308 e. The number of nitrogens with one attached hydrogen (secondary N) is 3. The normalized spacial score (nSPS) is 18.7. The van der Waals surface area contributed by atoms with Gasteiger partial charge in [0.15, 0.2) is 0 Å². The van der Waals surface area contributed by atoms with Crippen LogP contribution in [0.5, 0.6) is 0 Å². The summed E-state index contributed by atoms with van der Waals surface area (Å²) < 4.78 is 4.84. The van der Waals surface area contributed by atoms with Crippen molar-refractivity contribution in [2.45, 2.75) is 57.2 Å². The molecule has 1 aromatic carbocycles. The van der Waals surface area contributed by atoms with Gasteiger partial charge in [-0.05, 0) is 56.7 Å². The van der Waals surface area contributed by atoms with Crippen LogP contribution in [-0.2, 0) is 19.1 Å². The maximum atomic E-state index is 13.5. The van der Waals surface area contributed by atoms with Gasteiger partial charge in [-0.15, -0.1) is 0 Å². The fourth-order valence-electron chi connectivity index (χ4n) is 4.16. The van der Waals surface area contributed by atoms with Crippen molar-refractivity contribution in [3.8, 4) is 6.07 Å². The molecule has 0 radical (unpaired) electrons. The number of carbonyl (C=O) groups excluding carboxylic acids is 4. The second-order valence-electron chi connectivity index (χ2n) is 8.62. The largest absolute Gasteiger partial charge is 0.466 e. The summed E-state index contributed by atoms with van der Waals surface area (Å²) in [6.45, 7) is 2.20.